The van der Waals surface area contributed by atoms with Gasteiger partial charge in [0.15, 0.2) is 0 Å². The number of anilines is 1. The molecule has 7 nitrogen and oxygen atoms in total. The molecule has 1 aromatic heterocycles. The minimum atomic E-state index is -1.07. The van der Waals surface area contributed by atoms with E-state index in [1.165, 1.54) is 31.8 Å². The van der Waals surface area contributed by atoms with Crippen molar-refractivity contribution in [2.24, 2.45) is 0 Å². The Bertz CT molecular complexity index is 759. The van der Waals surface area contributed by atoms with Gasteiger partial charge in [0, 0.05) is 19.0 Å². The van der Waals surface area contributed by atoms with Gasteiger partial charge < -0.3 is 15.2 Å². The van der Waals surface area contributed by atoms with Crippen molar-refractivity contribution in [3.63, 3.8) is 0 Å². The van der Waals surface area contributed by atoms with Gasteiger partial charge in [-0.25, -0.2) is 14.8 Å². The average molecular weight is 329 g/mol. The fourth-order valence-electron chi connectivity index (χ4n) is 2.31. The standard InChI is InChI=1S/C17H19N3O4/c1-10(2)15-14(7-18-9-19-15)16(21)20-13-5-11(8-24-3)4-12(6-13)17(22)23/h4-7,9-10H,8H2,1-3H3,(H,20,21)(H,22,23). The number of hydrogen-bond acceptors (Lipinski definition) is 5. The second-order valence-electron chi connectivity index (χ2n) is 5.59. The fraction of sp³-hybridized carbons (Fsp3) is 0.294. The van der Waals surface area contributed by atoms with E-state index in [4.69, 9.17) is 4.74 Å². The number of carbonyl (C=O) groups is 2. The number of carbonyl (C=O) groups excluding carboxylic acids is 1. The zero-order valence-corrected chi connectivity index (χ0v) is 13.7. The maximum atomic E-state index is 12.5. The largest absolute Gasteiger partial charge is 0.478 e. The van der Waals surface area contributed by atoms with Gasteiger partial charge in [0.2, 0.25) is 0 Å². The number of rotatable bonds is 6. The maximum absolute atomic E-state index is 12.5. The van der Waals surface area contributed by atoms with E-state index in [0.29, 0.717) is 22.5 Å². The number of aromatic nitrogens is 2. The summed E-state index contributed by atoms with van der Waals surface area (Å²) in [6.07, 6.45) is 2.85. The Morgan fingerprint density at radius 1 is 1.29 bits per heavy atom. The van der Waals surface area contributed by atoms with Crippen LogP contribution in [-0.2, 0) is 11.3 Å². The van der Waals surface area contributed by atoms with Gasteiger partial charge in [0.25, 0.3) is 5.91 Å². The first-order chi connectivity index (χ1) is 11.4. The summed E-state index contributed by atoms with van der Waals surface area (Å²) in [7, 11) is 1.52. The van der Waals surface area contributed by atoms with Crippen LogP contribution >= 0.6 is 0 Å². The number of carboxylic acid groups (broad SMARTS) is 1. The summed E-state index contributed by atoms with van der Waals surface area (Å²) in [5.74, 6) is -1.40. The van der Waals surface area contributed by atoms with Crippen LogP contribution in [0.4, 0.5) is 5.69 Å². The van der Waals surface area contributed by atoms with Crippen molar-refractivity contribution in [1.29, 1.82) is 0 Å². The molecule has 0 radical (unpaired) electrons. The normalized spacial score (nSPS) is 10.7. The molecule has 1 amide bonds. The molecule has 0 aliphatic heterocycles. The highest BCUT2D eigenvalue weighted by Gasteiger charge is 2.16. The van der Waals surface area contributed by atoms with Gasteiger partial charge in [0.05, 0.1) is 23.4 Å². The highest BCUT2D eigenvalue weighted by atomic mass is 16.5. The second-order valence-corrected chi connectivity index (χ2v) is 5.59. The van der Waals surface area contributed by atoms with E-state index in [9.17, 15) is 14.7 Å². The van der Waals surface area contributed by atoms with Crippen LogP contribution in [0, 0.1) is 0 Å². The zero-order valence-electron chi connectivity index (χ0n) is 13.7. The molecular formula is C17H19N3O4. The first kappa shape index (κ1) is 17.6. The molecule has 2 rings (SSSR count). The van der Waals surface area contributed by atoms with Crippen molar-refractivity contribution in [2.45, 2.75) is 26.4 Å². The van der Waals surface area contributed by atoms with Crippen LogP contribution in [0.25, 0.3) is 0 Å². The minimum absolute atomic E-state index is 0.0585. The molecular weight excluding hydrogens is 310 g/mol. The number of amides is 1. The van der Waals surface area contributed by atoms with Crippen molar-refractivity contribution in [3.05, 3.63) is 53.1 Å². The Kier molecular flexibility index (Phi) is 5.59. The highest BCUT2D eigenvalue weighted by molar-refractivity contribution is 6.05. The molecule has 0 aliphatic carbocycles. The SMILES string of the molecule is COCc1cc(NC(=O)c2cncnc2C(C)C)cc(C(=O)O)c1. The Morgan fingerprint density at radius 3 is 2.67 bits per heavy atom. The van der Waals surface area contributed by atoms with E-state index in [0.717, 1.165) is 0 Å². The molecule has 0 unspecified atom stereocenters. The number of hydrogen-bond donors (Lipinski definition) is 2. The molecule has 0 fully saturated rings. The zero-order chi connectivity index (χ0) is 17.7. The molecule has 1 aromatic carbocycles. The first-order valence-corrected chi connectivity index (χ1v) is 7.39. The third-order valence-electron chi connectivity index (χ3n) is 3.34. The summed E-state index contributed by atoms with van der Waals surface area (Å²) in [5, 5.41) is 11.9. The van der Waals surface area contributed by atoms with Gasteiger partial charge in [0.1, 0.15) is 6.33 Å². The van der Waals surface area contributed by atoms with Crippen molar-refractivity contribution >= 4 is 17.6 Å². The van der Waals surface area contributed by atoms with Crippen LogP contribution < -0.4 is 5.32 Å². The number of methoxy groups -OCH3 is 1. The van der Waals surface area contributed by atoms with E-state index in [1.54, 1.807) is 6.07 Å². The lowest BCUT2D eigenvalue weighted by Gasteiger charge is -2.12. The first-order valence-electron chi connectivity index (χ1n) is 7.39. The van der Waals surface area contributed by atoms with E-state index in [-0.39, 0.29) is 24.0 Å². The molecule has 0 saturated carbocycles. The number of aromatic carboxylic acids is 1. The summed E-state index contributed by atoms with van der Waals surface area (Å²) in [5.41, 5.74) is 2.11. The van der Waals surface area contributed by atoms with Crippen LogP contribution in [-0.4, -0.2) is 34.1 Å². The summed E-state index contributed by atoms with van der Waals surface area (Å²) < 4.78 is 5.03. The van der Waals surface area contributed by atoms with Crippen LogP contribution in [0.2, 0.25) is 0 Å². The van der Waals surface area contributed by atoms with Gasteiger partial charge in [-0.2, -0.15) is 0 Å². The summed E-state index contributed by atoms with van der Waals surface area (Å²) in [6, 6.07) is 4.58. The average Bonchev–Trinajstić information content (AvgIpc) is 2.54. The van der Waals surface area contributed by atoms with E-state index < -0.39 is 5.97 Å². The third kappa shape index (κ3) is 4.14. The molecule has 24 heavy (non-hydrogen) atoms. The van der Waals surface area contributed by atoms with Gasteiger partial charge >= 0.3 is 5.97 Å². The molecule has 0 spiro atoms. The number of ether oxygens (including phenoxy) is 1. The number of nitrogens with one attached hydrogen (secondary N) is 1. The summed E-state index contributed by atoms with van der Waals surface area (Å²) >= 11 is 0. The van der Waals surface area contributed by atoms with Crippen molar-refractivity contribution in [2.75, 3.05) is 12.4 Å². The lowest BCUT2D eigenvalue weighted by Crippen LogP contribution is -2.17. The van der Waals surface area contributed by atoms with Crippen molar-refractivity contribution in [1.82, 2.24) is 9.97 Å². The predicted octanol–water partition coefficient (Wildman–Crippen LogP) is 2.70. The molecule has 2 N–H and O–H groups in total. The molecule has 0 atom stereocenters. The summed E-state index contributed by atoms with van der Waals surface area (Å²) in [6.45, 7) is 4.11. The van der Waals surface area contributed by atoms with E-state index in [1.807, 2.05) is 13.8 Å². The Morgan fingerprint density at radius 2 is 2.04 bits per heavy atom. The Balaban J connectivity index is 2.33. The molecule has 2 aromatic rings. The van der Waals surface area contributed by atoms with Gasteiger partial charge in [-0.15, -0.1) is 0 Å². The topological polar surface area (TPSA) is 101 Å². The van der Waals surface area contributed by atoms with Crippen LogP contribution in [0.1, 0.15) is 51.7 Å². The second kappa shape index (κ2) is 7.65. The van der Waals surface area contributed by atoms with Crippen LogP contribution in [0.5, 0.6) is 0 Å². The number of carboxylic acids is 1. The summed E-state index contributed by atoms with van der Waals surface area (Å²) in [4.78, 5) is 31.8. The third-order valence-corrected chi connectivity index (χ3v) is 3.34. The lowest BCUT2D eigenvalue weighted by atomic mass is 10.0. The minimum Gasteiger partial charge on any atom is -0.478 e. The number of benzene rings is 1. The van der Waals surface area contributed by atoms with Gasteiger partial charge in [-0.05, 0) is 29.7 Å². The van der Waals surface area contributed by atoms with E-state index in [2.05, 4.69) is 15.3 Å². The highest BCUT2D eigenvalue weighted by Crippen LogP contribution is 2.20. The monoisotopic (exact) mass is 329 g/mol. The molecule has 0 aliphatic rings. The quantitative estimate of drug-likeness (QED) is 0.845. The van der Waals surface area contributed by atoms with Crippen molar-refractivity contribution < 1.29 is 19.4 Å². The van der Waals surface area contributed by atoms with Crippen LogP contribution in [0.3, 0.4) is 0 Å². The lowest BCUT2D eigenvalue weighted by molar-refractivity contribution is 0.0696. The molecule has 126 valence electrons. The molecule has 0 saturated heterocycles. The Labute approximate surface area is 139 Å². The Hall–Kier alpha value is -2.80. The van der Waals surface area contributed by atoms with Gasteiger partial charge in [-0.3, -0.25) is 4.79 Å². The fourth-order valence-corrected chi connectivity index (χ4v) is 2.31. The van der Waals surface area contributed by atoms with Crippen LogP contribution in [0.15, 0.2) is 30.7 Å². The molecule has 7 heteroatoms. The maximum Gasteiger partial charge on any atom is 0.335 e. The molecule has 0 bridgehead atoms. The van der Waals surface area contributed by atoms with Crippen molar-refractivity contribution in [3.8, 4) is 0 Å². The predicted molar refractivity (Wildman–Crippen MR) is 88.2 cm³/mol. The molecule has 1 heterocycles. The smallest absolute Gasteiger partial charge is 0.335 e. The van der Waals surface area contributed by atoms with Gasteiger partial charge in [-0.1, -0.05) is 13.8 Å². The number of nitrogens with zero attached hydrogens (tertiary/aromatic N) is 2. The van der Waals surface area contributed by atoms with E-state index >= 15 is 0 Å².